The second kappa shape index (κ2) is 8.67. The van der Waals surface area contributed by atoms with Gasteiger partial charge in [-0.3, -0.25) is 14.7 Å². The fourth-order valence-electron chi connectivity index (χ4n) is 6.47. The van der Waals surface area contributed by atoms with E-state index in [2.05, 4.69) is 62.5 Å². The van der Waals surface area contributed by atoms with Gasteiger partial charge in [0.25, 0.3) is 5.91 Å². The van der Waals surface area contributed by atoms with Crippen LogP contribution in [0.5, 0.6) is 0 Å². The molecule has 1 N–H and O–H groups in total. The van der Waals surface area contributed by atoms with Gasteiger partial charge in [-0.25, -0.2) is 4.98 Å². The average molecular weight is 508 g/mol. The van der Waals surface area contributed by atoms with E-state index in [-0.39, 0.29) is 5.91 Å². The van der Waals surface area contributed by atoms with Gasteiger partial charge >= 0.3 is 0 Å². The highest BCUT2D eigenvalue weighted by Crippen LogP contribution is 2.49. The highest BCUT2D eigenvalue weighted by molar-refractivity contribution is 5.98. The van der Waals surface area contributed by atoms with E-state index < -0.39 is 5.54 Å². The first-order valence-electron chi connectivity index (χ1n) is 13.6. The zero-order chi connectivity index (χ0) is 26.0. The molecule has 2 aromatic carbocycles. The number of likely N-dealkylation sites (N-methyl/N-ethyl adjacent to an activating group) is 1. The zero-order valence-electron chi connectivity index (χ0n) is 22.2. The number of aromatic nitrogens is 2. The molecule has 1 amide bonds. The van der Waals surface area contributed by atoms with Crippen LogP contribution in [-0.2, 0) is 5.54 Å². The number of rotatable bonds is 5. The molecule has 0 radical (unpaired) electrons. The third-order valence-corrected chi connectivity index (χ3v) is 8.93. The van der Waals surface area contributed by atoms with Crippen molar-refractivity contribution in [3.8, 4) is 11.3 Å². The largest absolute Gasteiger partial charge is 0.449 e. The van der Waals surface area contributed by atoms with Crippen LogP contribution >= 0.6 is 0 Å². The summed E-state index contributed by atoms with van der Waals surface area (Å²) in [6.07, 6.45) is 7.79. The summed E-state index contributed by atoms with van der Waals surface area (Å²) in [7, 11) is 2.25. The maximum absolute atomic E-state index is 13.8. The van der Waals surface area contributed by atoms with E-state index in [0.29, 0.717) is 18.0 Å². The summed E-state index contributed by atoms with van der Waals surface area (Å²) in [5, 5.41) is 4.51. The molecule has 7 rings (SSSR count). The number of hydrogen-bond donors (Lipinski definition) is 1. The van der Waals surface area contributed by atoms with Crippen LogP contribution in [0.15, 0.2) is 59.3 Å². The maximum Gasteiger partial charge on any atom is 0.252 e. The van der Waals surface area contributed by atoms with Gasteiger partial charge in [0.05, 0.1) is 11.1 Å². The number of oxazole rings is 1. The predicted octanol–water partition coefficient (Wildman–Crippen LogP) is 5.21. The Bertz CT molecular complexity index is 1540. The fraction of sp³-hybridized carbons (Fsp3) is 0.387. The van der Waals surface area contributed by atoms with Crippen LogP contribution in [0, 0.1) is 13.8 Å². The molecule has 7 nitrogen and oxygen atoms in total. The monoisotopic (exact) mass is 507 g/mol. The van der Waals surface area contributed by atoms with Crippen LogP contribution in [0.4, 0.5) is 5.69 Å². The molecule has 2 bridgehead atoms. The van der Waals surface area contributed by atoms with Gasteiger partial charge in [-0.2, -0.15) is 0 Å². The van der Waals surface area contributed by atoms with Crippen molar-refractivity contribution in [1.29, 1.82) is 0 Å². The third kappa shape index (κ3) is 3.88. The van der Waals surface area contributed by atoms with E-state index in [0.717, 1.165) is 70.5 Å². The van der Waals surface area contributed by atoms with Crippen molar-refractivity contribution < 1.29 is 9.21 Å². The Balaban J connectivity index is 1.21. The maximum atomic E-state index is 13.8. The summed E-state index contributed by atoms with van der Waals surface area (Å²) in [5.74, 6) is 0.611. The molecular weight excluding hydrogens is 474 g/mol. The van der Waals surface area contributed by atoms with Crippen molar-refractivity contribution >= 4 is 22.5 Å². The van der Waals surface area contributed by atoms with Crippen LogP contribution in [0.25, 0.3) is 22.2 Å². The minimum Gasteiger partial charge on any atom is -0.449 e. The van der Waals surface area contributed by atoms with Crippen molar-refractivity contribution in [1.82, 2.24) is 20.2 Å². The smallest absolute Gasteiger partial charge is 0.252 e. The van der Waals surface area contributed by atoms with E-state index in [1.165, 1.54) is 12.8 Å². The van der Waals surface area contributed by atoms with Gasteiger partial charge in [0.2, 0.25) is 0 Å². The molecule has 2 saturated heterocycles. The lowest BCUT2D eigenvalue weighted by Crippen LogP contribution is -2.52. The number of nitrogens with zero attached hydrogens (tertiary/aromatic N) is 4. The quantitative estimate of drug-likeness (QED) is 0.400. The van der Waals surface area contributed by atoms with E-state index >= 15 is 0 Å². The average Bonchev–Trinajstić information content (AvgIpc) is 3.53. The van der Waals surface area contributed by atoms with Gasteiger partial charge in [-0.1, -0.05) is 12.1 Å². The SMILES string of the molecule is Cc1nc(-c2cc(C3(NC(=O)c4cc(N5CC6CCC(C5)N6C)ccc4C)CC3)c3cccnc3c2)co1. The van der Waals surface area contributed by atoms with Crippen molar-refractivity contribution in [2.24, 2.45) is 0 Å². The minimum absolute atomic E-state index is 0.0151. The van der Waals surface area contributed by atoms with Gasteiger partial charge in [-0.15, -0.1) is 0 Å². The summed E-state index contributed by atoms with van der Waals surface area (Å²) >= 11 is 0. The Morgan fingerprint density at radius 1 is 1.08 bits per heavy atom. The Morgan fingerprint density at radius 3 is 2.58 bits per heavy atom. The van der Waals surface area contributed by atoms with Gasteiger partial charge < -0.3 is 14.6 Å². The molecule has 2 aromatic heterocycles. The molecule has 2 aliphatic heterocycles. The Labute approximate surface area is 222 Å². The summed E-state index contributed by atoms with van der Waals surface area (Å²) in [6.45, 7) is 5.91. The molecule has 3 aliphatic rings. The molecular formula is C31H33N5O2. The summed E-state index contributed by atoms with van der Waals surface area (Å²) < 4.78 is 5.48. The number of carbonyl (C=O) groups is 1. The lowest BCUT2D eigenvalue weighted by Gasteiger charge is -2.40. The number of piperazine rings is 1. The molecule has 2 atom stereocenters. The lowest BCUT2D eigenvalue weighted by molar-refractivity contribution is 0.0930. The number of benzene rings is 2. The molecule has 4 aromatic rings. The lowest BCUT2D eigenvalue weighted by atomic mass is 9.95. The van der Waals surface area contributed by atoms with Crippen molar-refractivity contribution in [2.45, 2.75) is 57.2 Å². The zero-order valence-corrected chi connectivity index (χ0v) is 22.2. The van der Waals surface area contributed by atoms with E-state index in [4.69, 9.17) is 4.42 Å². The number of carbonyl (C=O) groups excluding carboxylic acids is 1. The Kier molecular flexibility index (Phi) is 5.34. The van der Waals surface area contributed by atoms with Crippen LogP contribution in [0.1, 0.15) is 53.1 Å². The number of pyridine rings is 1. The van der Waals surface area contributed by atoms with E-state index in [9.17, 15) is 4.79 Å². The Hall–Kier alpha value is -3.71. The highest BCUT2D eigenvalue weighted by atomic mass is 16.3. The van der Waals surface area contributed by atoms with Gasteiger partial charge in [0.15, 0.2) is 5.89 Å². The van der Waals surface area contributed by atoms with E-state index in [1.54, 1.807) is 6.26 Å². The molecule has 3 fully saturated rings. The van der Waals surface area contributed by atoms with Crippen LogP contribution in [-0.4, -0.2) is 53.0 Å². The molecule has 1 aliphatic carbocycles. The third-order valence-electron chi connectivity index (χ3n) is 8.93. The normalized spacial score (nSPS) is 22.1. The number of nitrogens with one attached hydrogen (secondary N) is 1. The number of anilines is 1. The molecule has 2 unspecified atom stereocenters. The number of aryl methyl sites for hydroxylation is 2. The number of fused-ring (bicyclic) bond motifs is 3. The standard InChI is InChI=1S/C31H33N5O2/c1-19-6-7-22(36-16-23-8-9-24(17-36)35(23)3)15-26(19)30(37)34-31(10-11-31)27-13-21(29-18-38-20(2)33-29)14-28-25(27)5-4-12-32-28/h4-7,12-15,18,23-24H,8-11,16-17H2,1-3H3,(H,34,37). The number of amides is 1. The van der Waals surface area contributed by atoms with Crippen molar-refractivity contribution in [3.63, 3.8) is 0 Å². The Morgan fingerprint density at radius 2 is 1.87 bits per heavy atom. The first kappa shape index (κ1) is 23.4. The van der Waals surface area contributed by atoms with Gasteiger partial charge in [0.1, 0.15) is 12.0 Å². The van der Waals surface area contributed by atoms with Crippen molar-refractivity contribution in [3.05, 3.63) is 77.5 Å². The first-order valence-corrected chi connectivity index (χ1v) is 13.6. The van der Waals surface area contributed by atoms with Crippen LogP contribution in [0.3, 0.4) is 0 Å². The summed E-state index contributed by atoms with van der Waals surface area (Å²) in [6, 6.07) is 15.8. The summed E-state index contributed by atoms with van der Waals surface area (Å²) in [4.78, 5) is 28.0. The van der Waals surface area contributed by atoms with Gasteiger partial charge in [-0.05, 0) is 81.1 Å². The molecule has 38 heavy (non-hydrogen) atoms. The van der Waals surface area contributed by atoms with Crippen LogP contribution < -0.4 is 10.2 Å². The number of hydrogen-bond acceptors (Lipinski definition) is 6. The van der Waals surface area contributed by atoms with Crippen LogP contribution in [0.2, 0.25) is 0 Å². The molecule has 0 spiro atoms. The molecule has 7 heteroatoms. The molecule has 4 heterocycles. The second-order valence-corrected chi connectivity index (χ2v) is 11.3. The molecule has 1 saturated carbocycles. The van der Waals surface area contributed by atoms with E-state index in [1.807, 2.05) is 32.2 Å². The topological polar surface area (TPSA) is 74.5 Å². The minimum atomic E-state index is -0.414. The fourth-order valence-corrected chi connectivity index (χ4v) is 6.47. The summed E-state index contributed by atoms with van der Waals surface area (Å²) in [5.41, 5.74) is 6.20. The first-order chi connectivity index (χ1) is 18.4. The predicted molar refractivity (Wildman–Crippen MR) is 148 cm³/mol. The molecule has 194 valence electrons. The highest BCUT2D eigenvalue weighted by Gasteiger charge is 2.47. The second-order valence-electron chi connectivity index (χ2n) is 11.3. The van der Waals surface area contributed by atoms with Gasteiger partial charge in [0, 0.05) is 60.5 Å². The van der Waals surface area contributed by atoms with Crippen molar-refractivity contribution in [2.75, 3.05) is 25.0 Å².